The summed E-state index contributed by atoms with van der Waals surface area (Å²) in [5.41, 5.74) is 17.2. The molecule has 0 bridgehead atoms. The lowest BCUT2D eigenvalue weighted by Gasteiger charge is -2.22. The van der Waals surface area contributed by atoms with Gasteiger partial charge in [0.25, 0.3) is 0 Å². The molecular weight excluding hydrogens is 721 g/mol. The summed E-state index contributed by atoms with van der Waals surface area (Å²) in [5, 5.41) is 2.59. The molecule has 11 rings (SSSR count). The molecule has 2 aromatic heterocycles. The molecule has 274 valence electrons. The van der Waals surface area contributed by atoms with Crippen molar-refractivity contribution in [1.29, 1.82) is 0 Å². The summed E-state index contributed by atoms with van der Waals surface area (Å²) in [6, 6.07) is 70.1. The molecule has 0 saturated carbocycles. The molecule has 0 radical (unpaired) electrons. The summed E-state index contributed by atoms with van der Waals surface area (Å²) in [6.07, 6.45) is 0. The van der Waals surface area contributed by atoms with Crippen molar-refractivity contribution >= 4 is 31.5 Å². The number of nitrogens with zero attached hydrogens (tertiary/aromatic N) is 2. The fourth-order valence-electron chi connectivity index (χ4n) is 8.87. The summed E-state index contributed by atoms with van der Waals surface area (Å²) in [4.78, 5) is 10.6. The molecule has 2 heterocycles. The standard InChI is InChI=1S/C55H38N2S/c1-55(2)48-32-38(35-15-6-3-7-16-35)25-27-44(48)45-28-26-39(33-49(45)55)50-34-51(57-54(56-50)37-19-10-5-11-20-37)42-30-40(36-17-8-4-9-18-36)29-41(31-42)43-22-14-23-47-46-21-12-13-24-52(46)58-53(43)47/h3-34H,1-2H3. The van der Waals surface area contributed by atoms with Gasteiger partial charge in [-0.2, -0.15) is 0 Å². The first-order valence-electron chi connectivity index (χ1n) is 19.9. The molecule has 0 fully saturated rings. The van der Waals surface area contributed by atoms with Gasteiger partial charge in [0.1, 0.15) is 0 Å². The minimum atomic E-state index is -0.184. The molecule has 0 atom stereocenters. The molecule has 0 aliphatic heterocycles. The number of hydrogen-bond acceptors (Lipinski definition) is 3. The third-order valence-corrected chi connectivity index (χ3v) is 13.1. The molecule has 0 amide bonds. The summed E-state index contributed by atoms with van der Waals surface area (Å²) in [7, 11) is 0. The van der Waals surface area contributed by atoms with E-state index >= 15 is 0 Å². The Hall–Kier alpha value is -6.94. The van der Waals surface area contributed by atoms with E-state index in [9.17, 15) is 0 Å². The van der Waals surface area contributed by atoms with Gasteiger partial charge in [0, 0.05) is 42.3 Å². The first-order chi connectivity index (χ1) is 28.5. The molecule has 0 unspecified atom stereocenters. The van der Waals surface area contributed by atoms with Crippen LogP contribution in [0.3, 0.4) is 0 Å². The van der Waals surface area contributed by atoms with Crippen LogP contribution in [0.1, 0.15) is 25.0 Å². The largest absolute Gasteiger partial charge is 0.228 e. The van der Waals surface area contributed by atoms with Gasteiger partial charge in [-0.3, -0.25) is 0 Å². The number of aromatic nitrogens is 2. The van der Waals surface area contributed by atoms with E-state index < -0.39 is 0 Å². The van der Waals surface area contributed by atoms with Crippen molar-refractivity contribution in [3.63, 3.8) is 0 Å². The minimum absolute atomic E-state index is 0.184. The van der Waals surface area contributed by atoms with Gasteiger partial charge in [-0.05, 0) is 98.1 Å². The van der Waals surface area contributed by atoms with E-state index in [1.165, 1.54) is 70.2 Å². The van der Waals surface area contributed by atoms with E-state index in [1.54, 1.807) is 0 Å². The SMILES string of the molecule is CC1(C)c2cc(-c3ccccc3)ccc2-c2ccc(-c3cc(-c4cc(-c5ccccc5)cc(-c5cccc6c5sc5ccccc56)c4)nc(-c4ccccc4)n3)cc21. The van der Waals surface area contributed by atoms with Crippen LogP contribution >= 0.6 is 11.3 Å². The van der Waals surface area contributed by atoms with Crippen LogP contribution in [-0.4, -0.2) is 9.97 Å². The van der Waals surface area contributed by atoms with Gasteiger partial charge >= 0.3 is 0 Å². The minimum Gasteiger partial charge on any atom is -0.228 e. The predicted molar refractivity (Wildman–Crippen MR) is 245 cm³/mol. The van der Waals surface area contributed by atoms with E-state index in [0.717, 1.165) is 33.6 Å². The van der Waals surface area contributed by atoms with Crippen molar-refractivity contribution in [1.82, 2.24) is 9.97 Å². The smallest absolute Gasteiger partial charge is 0.160 e. The highest BCUT2D eigenvalue weighted by molar-refractivity contribution is 7.26. The maximum absolute atomic E-state index is 5.33. The average Bonchev–Trinajstić information content (AvgIpc) is 3.78. The highest BCUT2D eigenvalue weighted by atomic mass is 32.1. The van der Waals surface area contributed by atoms with Crippen molar-refractivity contribution in [2.24, 2.45) is 0 Å². The van der Waals surface area contributed by atoms with E-state index in [0.29, 0.717) is 5.82 Å². The molecule has 10 aromatic rings. The first kappa shape index (κ1) is 34.3. The highest BCUT2D eigenvalue weighted by Crippen LogP contribution is 2.51. The number of rotatable bonds is 6. The van der Waals surface area contributed by atoms with Gasteiger partial charge in [0.05, 0.1) is 11.4 Å². The second-order valence-corrected chi connectivity index (χ2v) is 16.8. The van der Waals surface area contributed by atoms with Crippen LogP contribution in [0, 0.1) is 0 Å². The maximum Gasteiger partial charge on any atom is 0.160 e. The second-order valence-electron chi connectivity index (χ2n) is 15.8. The van der Waals surface area contributed by atoms with Gasteiger partial charge < -0.3 is 0 Å². The topological polar surface area (TPSA) is 25.8 Å². The van der Waals surface area contributed by atoms with Gasteiger partial charge in [-0.1, -0.05) is 166 Å². The zero-order valence-corrected chi connectivity index (χ0v) is 33.1. The van der Waals surface area contributed by atoms with Crippen LogP contribution < -0.4 is 0 Å². The van der Waals surface area contributed by atoms with Gasteiger partial charge in [-0.25, -0.2) is 9.97 Å². The average molecular weight is 759 g/mol. The monoisotopic (exact) mass is 758 g/mol. The number of benzene rings is 8. The molecule has 2 nitrogen and oxygen atoms in total. The van der Waals surface area contributed by atoms with Crippen LogP contribution in [0.15, 0.2) is 194 Å². The Kier molecular flexibility index (Phi) is 8.06. The lowest BCUT2D eigenvalue weighted by atomic mass is 9.81. The third kappa shape index (κ3) is 5.78. The molecule has 1 aliphatic carbocycles. The van der Waals surface area contributed by atoms with Crippen LogP contribution in [0.25, 0.3) is 98.6 Å². The second kappa shape index (κ2) is 13.6. The molecule has 0 saturated heterocycles. The molecular formula is C55H38N2S. The van der Waals surface area contributed by atoms with E-state index in [4.69, 9.17) is 9.97 Å². The lowest BCUT2D eigenvalue weighted by Crippen LogP contribution is -2.15. The molecule has 0 spiro atoms. The first-order valence-corrected chi connectivity index (χ1v) is 20.7. The normalized spacial score (nSPS) is 12.8. The Balaban J connectivity index is 1.09. The predicted octanol–water partition coefficient (Wildman–Crippen LogP) is 15.2. The Morgan fingerprint density at radius 2 is 0.897 bits per heavy atom. The third-order valence-electron chi connectivity index (χ3n) is 11.9. The number of fused-ring (bicyclic) bond motifs is 6. The van der Waals surface area contributed by atoms with E-state index in [2.05, 4.69) is 202 Å². The van der Waals surface area contributed by atoms with E-state index in [1.807, 2.05) is 17.4 Å². The number of hydrogen-bond donors (Lipinski definition) is 0. The van der Waals surface area contributed by atoms with Crippen LogP contribution in [0.2, 0.25) is 0 Å². The molecule has 58 heavy (non-hydrogen) atoms. The zero-order chi connectivity index (χ0) is 38.8. The van der Waals surface area contributed by atoms with Crippen molar-refractivity contribution < 1.29 is 0 Å². The number of thiophene rings is 1. The van der Waals surface area contributed by atoms with Crippen molar-refractivity contribution in [2.75, 3.05) is 0 Å². The Labute approximate surface area is 342 Å². The Bertz CT molecular complexity index is 3180. The quantitative estimate of drug-likeness (QED) is 0.169. The molecule has 8 aromatic carbocycles. The van der Waals surface area contributed by atoms with Crippen LogP contribution in [-0.2, 0) is 5.41 Å². The fourth-order valence-corrected chi connectivity index (χ4v) is 10.1. The van der Waals surface area contributed by atoms with Gasteiger partial charge in [0.15, 0.2) is 5.82 Å². The van der Waals surface area contributed by atoms with E-state index in [-0.39, 0.29) is 5.41 Å². The maximum atomic E-state index is 5.33. The van der Waals surface area contributed by atoms with Crippen LogP contribution in [0.4, 0.5) is 0 Å². The van der Waals surface area contributed by atoms with Crippen molar-refractivity contribution in [3.05, 3.63) is 205 Å². The van der Waals surface area contributed by atoms with Crippen molar-refractivity contribution in [2.45, 2.75) is 19.3 Å². The van der Waals surface area contributed by atoms with Gasteiger partial charge in [0.2, 0.25) is 0 Å². The zero-order valence-electron chi connectivity index (χ0n) is 32.3. The fraction of sp³-hybridized carbons (Fsp3) is 0.0545. The molecule has 1 aliphatic rings. The Morgan fingerprint density at radius 3 is 1.60 bits per heavy atom. The summed E-state index contributed by atoms with van der Waals surface area (Å²) < 4.78 is 2.60. The highest BCUT2D eigenvalue weighted by Gasteiger charge is 2.36. The summed E-state index contributed by atoms with van der Waals surface area (Å²) in [6.45, 7) is 4.70. The summed E-state index contributed by atoms with van der Waals surface area (Å²) >= 11 is 1.86. The Morgan fingerprint density at radius 1 is 0.362 bits per heavy atom. The van der Waals surface area contributed by atoms with Gasteiger partial charge in [-0.15, -0.1) is 11.3 Å². The van der Waals surface area contributed by atoms with Crippen molar-refractivity contribution in [3.8, 4) is 78.4 Å². The molecule has 3 heteroatoms. The summed E-state index contributed by atoms with van der Waals surface area (Å²) in [5.74, 6) is 0.710. The van der Waals surface area contributed by atoms with Crippen LogP contribution in [0.5, 0.6) is 0 Å². The lowest BCUT2D eigenvalue weighted by molar-refractivity contribution is 0.661. The molecule has 0 N–H and O–H groups in total.